The van der Waals surface area contributed by atoms with E-state index in [2.05, 4.69) is 27.7 Å². The van der Waals surface area contributed by atoms with Gasteiger partial charge in [-0.3, -0.25) is 0 Å². The van der Waals surface area contributed by atoms with Crippen LogP contribution >= 0.6 is 0 Å². The lowest BCUT2D eigenvalue weighted by atomic mass is 9.43. The number of aliphatic hydroxyl groups is 2. The predicted molar refractivity (Wildman–Crippen MR) is 125 cm³/mol. The van der Waals surface area contributed by atoms with Crippen LogP contribution in [-0.2, 0) is 0 Å². The summed E-state index contributed by atoms with van der Waals surface area (Å²) in [5, 5.41) is 21.3. The summed E-state index contributed by atoms with van der Waals surface area (Å²) in [6.45, 7) is 11.9. The molecular weight excluding hydrogens is 368 g/mol. The third-order valence-corrected chi connectivity index (χ3v) is 11.3. The molecule has 11 atom stereocenters. The Morgan fingerprint density at radius 1 is 0.900 bits per heavy atom. The first-order valence-electron chi connectivity index (χ1n) is 13.6. The van der Waals surface area contributed by atoms with Crippen molar-refractivity contribution < 1.29 is 10.2 Å². The predicted octanol–water partition coefficient (Wildman–Crippen LogP) is 6.83. The molecule has 30 heavy (non-hydrogen) atoms. The van der Waals surface area contributed by atoms with Gasteiger partial charge in [0, 0.05) is 0 Å². The van der Waals surface area contributed by atoms with Gasteiger partial charge in [0.2, 0.25) is 0 Å². The van der Waals surface area contributed by atoms with Gasteiger partial charge in [-0.1, -0.05) is 40.5 Å². The Labute approximate surface area is 186 Å². The zero-order valence-corrected chi connectivity index (χ0v) is 20.6. The zero-order valence-electron chi connectivity index (χ0n) is 20.6. The van der Waals surface area contributed by atoms with Gasteiger partial charge >= 0.3 is 0 Å². The SMILES string of the molecule is CCCC1CCC2(C)C(C1)CC(O)C1C2CCC2(C)C(C(C)CCC(C)O)CCC12. The molecule has 0 saturated heterocycles. The van der Waals surface area contributed by atoms with Gasteiger partial charge in [-0.15, -0.1) is 0 Å². The number of hydrogen-bond acceptors (Lipinski definition) is 2. The highest BCUT2D eigenvalue weighted by Gasteiger charge is 2.62. The summed E-state index contributed by atoms with van der Waals surface area (Å²) in [6, 6.07) is 0. The first kappa shape index (κ1) is 23.1. The summed E-state index contributed by atoms with van der Waals surface area (Å²) >= 11 is 0. The molecule has 0 aliphatic heterocycles. The van der Waals surface area contributed by atoms with Crippen LogP contribution in [0.1, 0.15) is 112 Å². The largest absolute Gasteiger partial charge is 0.393 e. The van der Waals surface area contributed by atoms with E-state index in [0.717, 1.165) is 48.9 Å². The van der Waals surface area contributed by atoms with Gasteiger partial charge in [0.15, 0.2) is 0 Å². The number of fused-ring (bicyclic) bond motifs is 5. The molecule has 0 aromatic rings. The lowest BCUT2D eigenvalue weighted by molar-refractivity contribution is -0.169. The monoisotopic (exact) mass is 418 g/mol. The highest BCUT2D eigenvalue weighted by Crippen LogP contribution is 2.68. The molecule has 174 valence electrons. The fraction of sp³-hybridized carbons (Fsp3) is 1.00. The van der Waals surface area contributed by atoms with Gasteiger partial charge in [-0.2, -0.15) is 0 Å². The van der Waals surface area contributed by atoms with Crippen LogP contribution in [0.25, 0.3) is 0 Å². The number of rotatable bonds is 6. The van der Waals surface area contributed by atoms with Crippen molar-refractivity contribution in [3.8, 4) is 0 Å². The average Bonchev–Trinajstić information content (AvgIpc) is 3.04. The van der Waals surface area contributed by atoms with E-state index in [1.807, 2.05) is 6.92 Å². The fourth-order valence-corrected chi connectivity index (χ4v) is 9.66. The van der Waals surface area contributed by atoms with Crippen LogP contribution in [0.15, 0.2) is 0 Å². The van der Waals surface area contributed by atoms with Crippen molar-refractivity contribution >= 4 is 0 Å². The molecule has 2 nitrogen and oxygen atoms in total. The van der Waals surface area contributed by atoms with Crippen molar-refractivity contribution in [1.82, 2.24) is 0 Å². The second-order valence-electron chi connectivity index (χ2n) is 12.9. The number of hydrogen-bond donors (Lipinski definition) is 2. The Balaban J connectivity index is 1.52. The molecule has 2 N–H and O–H groups in total. The smallest absolute Gasteiger partial charge is 0.0577 e. The topological polar surface area (TPSA) is 40.5 Å². The van der Waals surface area contributed by atoms with E-state index in [-0.39, 0.29) is 12.2 Å². The average molecular weight is 419 g/mol. The molecule has 4 aliphatic carbocycles. The molecule has 0 aromatic heterocycles. The minimum Gasteiger partial charge on any atom is -0.393 e. The van der Waals surface area contributed by atoms with Gasteiger partial charge < -0.3 is 10.2 Å². The molecule has 4 aliphatic rings. The van der Waals surface area contributed by atoms with Crippen molar-refractivity contribution in [3.05, 3.63) is 0 Å². The maximum atomic E-state index is 11.5. The molecule has 0 amide bonds. The molecule has 0 radical (unpaired) electrons. The second kappa shape index (κ2) is 8.69. The standard InChI is InChI=1S/C28H50O2/c1-6-7-20-12-14-27(4)21(16-20)17-25(30)26-23-11-10-22(18(2)8-9-19(3)29)28(23,5)15-13-24(26)27/h18-26,29-30H,6-17H2,1-5H3. The molecule has 0 bridgehead atoms. The maximum Gasteiger partial charge on any atom is 0.0577 e. The molecule has 11 unspecified atom stereocenters. The zero-order chi connectivity index (χ0) is 21.7. The van der Waals surface area contributed by atoms with Crippen molar-refractivity contribution in [2.24, 2.45) is 52.3 Å². The quantitative estimate of drug-likeness (QED) is 0.496. The van der Waals surface area contributed by atoms with Crippen molar-refractivity contribution in [2.45, 2.75) is 124 Å². The van der Waals surface area contributed by atoms with E-state index in [1.54, 1.807) is 0 Å². The van der Waals surface area contributed by atoms with E-state index in [9.17, 15) is 10.2 Å². The Morgan fingerprint density at radius 2 is 1.60 bits per heavy atom. The van der Waals surface area contributed by atoms with Crippen LogP contribution in [0.3, 0.4) is 0 Å². The van der Waals surface area contributed by atoms with Gasteiger partial charge in [0.1, 0.15) is 0 Å². The normalized spacial score (nSPS) is 50.3. The minimum atomic E-state index is -0.173. The Bertz CT molecular complexity index is 587. The van der Waals surface area contributed by atoms with E-state index >= 15 is 0 Å². The first-order valence-corrected chi connectivity index (χ1v) is 13.6. The summed E-state index contributed by atoms with van der Waals surface area (Å²) < 4.78 is 0. The number of aliphatic hydroxyl groups excluding tert-OH is 2. The highest BCUT2D eigenvalue weighted by atomic mass is 16.3. The van der Waals surface area contributed by atoms with Crippen LogP contribution in [0, 0.1) is 52.3 Å². The van der Waals surface area contributed by atoms with Crippen LogP contribution in [-0.4, -0.2) is 22.4 Å². The van der Waals surface area contributed by atoms with Crippen molar-refractivity contribution in [1.29, 1.82) is 0 Å². The Morgan fingerprint density at radius 3 is 2.30 bits per heavy atom. The van der Waals surface area contributed by atoms with Crippen LogP contribution in [0.5, 0.6) is 0 Å². The third kappa shape index (κ3) is 3.81. The molecule has 2 heteroatoms. The maximum absolute atomic E-state index is 11.5. The van der Waals surface area contributed by atoms with E-state index in [0.29, 0.717) is 22.7 Å². The van der Waals surface area contributed by atoms with E-state index in [4.69, 9.17) is 0 Å². The molecule has 0 heterocycles. The Kier molecular flexibility index (Phi) is 6.69. The summed E-state index contributed by atoms with van der Waals surface area (Å²) in [5.41, 5.74) is 0.883. The summed E-state index contributed by atoms with van der Waals surface area (Å²) in [5.74, 6) is 5.15. The van der Waals surface area contributed by atoms with Crippen LogP contribution in [0.4, 0.5) is 0 Å². The van der Waals surface area contributed by atoms with Gasteiger partial charge in [-0.25, -0.2) is 0 Å². The molecular formula is C28H50O2. The van der Waals surface area contributed by atoms with Gasteiger partial charge in [0.25, 0.3) is 0 Å². The van der Waals surface area contributed by atoms with E-state index < -0.39 is 0 Å². The summed E-state index contributed by atoms with van der Waals surface area (Å²) in [6.07, 6.45) is 15.3. The van der Waals surface area contributed by atoms with Gasteiger partial charge in [-0.05, 0) is 123 Å². The van der Waals surface area contributed by atoms with Crippen LogP contribution in [0.2, 0.25) is 0 Å². The molecule has 0 spiro atoms. The van der Waals surface area contributed by atoms with Gasteiger partial charge in [0.05, 0.1) is 12.2 Å². The molecule has 4 fully saturated rings. The Hall–Kier alpha value is -0.0800. The minimum absolute atomic E-state index is 0.0652. The molecule has 0 aromatic carbocycles. The van der Waals surface area contributed by atoms with E-state index in [1.165, 1.54) is 57.8 Å². The first-order chi connectivity index (χ1) is 14.2. The highest BCUT2D eigenvalue weighted by molar-refractivity contribution is 5.11. The summed E-state index contributed by atoms with van der Waals surface area (Å²) in [4.78, 5) is 0. The van der Waals surface area contributed by atoms with Crippen molar-refractivity contribution in [2.75, 3.05) is 0 Å². The molecule has 4 rings (SSSR count). The molecule has 4 saturated carbocycles. The second-order valence-corrected chi connectivity index (χ2v) is 12.9. The van der Waals surface area contributed by atoms with Crippen LogP contribution < -0.4 is 0 Å². The lowest BCUT2D eigenvalue weighted by Gasteiger charge is -2.62. The van der Waals surface area contributed by atoms with Crippen molar-refractivity contribution in [3.63, 3.8) is 0 Å². The summed E-state index contributed by atoms with van der Waals surface area (Å²) in [7, 11) is 0. The fourth-order valence-electron chi connectivity index (χ4n) is 9.66. The third-order valence-electron chi connectivity index (χ3n) is 11.3. The lowest BCUT2D eigenvalue weighted by Crippen LogP contribution is -2.58.